The standard InChI is InChI=1S/C12H13F4NO3/c1-2-20-11(19)9(13)10(17)7-5-6(12(14,15)16)3-4-8(7)18/h3-5,9-10,18H,2,17H2,1H3/t9?,10-/m0/s1. The van der Waals surface area contributed by atoms with E-state index in [-0.39, 0.29) is 6.61 Å². The number of halogens is 4. The summed E-state index contributed by atoms with van der Waals surface area (Å²) in [5.41, 5.74) is 3.77. The van der Waals surface area contributed by atoms with Gasteiger partial charge in [-0.15, -0.1) is 0 Å². The molecule has 1 unspecified atom stereocenters. The number of esters is 1. The fourth-order valence-corrected chi connectivity index (χ4v) is 1.52. The second-order valence-electron chi connectivity index (χ2n) is 3.95. The molecule has 0 saturated carbocycles. The number of nitrogens with two attached hydrogens (primary N) is 1. The minimum Gasteiger partial charge on any atom is -0.508 e. The van der Waals surface area contributed by atoms with Gasteiger partial charge < -0.3 is 15.6 Å². The lowest BCUT2D eigenvalue weighted by Crippen LogP contribution is -2.31. The van der Waals surface area contributed by atoms with E-state index in [2.05, 4.69) is 4.74 Å². The molecule has 0 aliphatic rings. The van der Waals surface area contributed by atoms with Crippen molar-refractivity contribution in [2.75, 3.05) is 6.61 Å². The number of phenols is 1. The third kappa shape index (κ3) is 3.60. The van der Waals surface area contributed by atoms with Crippen molar-refractivity contribution in [3.05, 3.63) is 29.3 Å². The number of hydrogen-bond acceptors (Lipinski definition) is 4. The van der Waals surface area contributed by atoms with Gasteiger partial charge in [0.1, 0.15) is 5.75 Å². The third-order valence-electron chi connectivity index (χ3n) is 2.54. The van der Waals surface area contributed by atoms with Crippen LogP contribution in [0.15, 0.2) is 18.2 Å². The molecule has 2 atom stereocenters. The molecule has 1 aromatic carbocycles. The van der Waals surface area contributed by atoms with Crippen LogP contribution in [0, 0.1) is 0 Å². The van der Waals surface area contributed by atoms with Gasteiger partial charge in [0.25, 0.3) is 0 Å². The average Bonchev–Trinajstić information content (AvgIpc) is 2.36. The molecular weight excluding hydrogens is 282 g/mol. The quantitative estimate of drug-likeness (QED) is 0.660. The number of ether oxygens (including phenoxy) is 1. The maximum absolute atomic E-state index is 13.7. The number of benzene rings is 1. The molecule has 3 N–H and O–H groups in total. The number of hydrogen-bond donors (Lipinski definition) is 2. The first-order valence-electron chi connectivity index (χ1n) is 5.64. The van der Waals surface area contributed by atoms with Crippen LogP contribution in [0.2, 0.25) is 0 Å². The highest BCUT2D eigenvalue weighted by Crippen LogP contribution is 2.35. The van der Waals surface area contributed by atoms with Gasteiger partial charge in [-0.3, -0.25) is 0 Å². The summed E-state index contributed by atoms with van der Waals surface area (Å²) in [6, 6.07) is 0.126. The molecule has 0 aromatic heterocycles. The zero-order chi connectivity index (χ0) is 15.5. The Morgan fingerprint density at radius 2 is 2.05 bits per heavy atom. The SMILES string of the molecule is CCOC(=O)C(F)[C@@H](N)c1cc(C(F)(F)F)ccc1O. The van der Waals surface area contributed by atoms with Crippen LogP contribution in [0.25, 0.3) is 0 Å². The van der Waals surface area contributed by atoms with Crippen molar-refractivity contribution in [1.29, 1.82) is 0 Å². The van der Waals surface area contributed by atoms with Crippen LogP contribution >= 0.6 is 0 Å². The number of alkyl halides is 4. The smallest absolute Gasteiger partial charge is 0.416 e. The summed E-state index contributed by atoms with van der Waals surface area (Å²) in [5, 5.41) is 9.47. The number of aromatic hydroxyl groups is 1. The molecule has 0 heterocycles. The molecule has 20 heavy (non-hydrogen) atoms. The van der Waals surface area contributed by atoms with Crippen molar-refractivity contribution >= 4 is 5.97 Å². The second kappa shape index (κ2) is 6.08. The van der Waals surface area contributed by atoms with Crippen LogP contribution in [0.5, 0.6) is 5.75 Å². The predicted molar refractivity (Wildman–Crippen MR) is 61.6 cm³/mol. The zero-order valence-corrected chi connectivity index (χ0v) is 10.4. The van der Waals surface area contributed by atoms with Crippen molar-refractivity contribution in [1.82, 2.24) is 0 Å². The van der Waals surface area contributed by atoms with Crippen LogP contribution in [0.4, 0.5) is 17.6 Å². The lowest BCUT2D eigenvalue weighted by Gasteiger charge is -2.18. The van der Waals surface area contributed by atoms with E-state index in [0.29, 0.717) is 12.1 Å². The van der Waals surface area contributed by atoms with E-state index < -0.39 is 41.2 Å². The van der Waals surface area contributed by atoms with E-state index in [9.17, 15) is 27.5 Å². The van der Waals surface area contributed by atoms with E-state index >= 15 is 0 Å². The summed E-state index contributed by atoms with van der Waals surface area (Å²) in [6.07, 6.45) is -7.04. The highest BCUT2D eigenvalue weighted by Gasteiger charge is 2.34. The van der Waals surface area contributed by atoms with E-state index in [0.717, 1.165) is 6.07 Å². The van der Waals surface area contributed by atoms with Crippen LogP contribution in [0.1, 0.15) is 24.1 Å². The lowest BCUT2D eigenvalue weighted by molar-refractivity contribution is -0.149. The summed E-state index contributed by atoms with van der Waals surface area (Å²) >= 11 is 0. The maximum atomic E-state index is 13.7. The maximum Gasteiger partial charge on any atom is 0.416 e. The normalized spacial score (nSPS) is 14.7. The number of phenolic OH excluding ortho intramolecular Hbond substituents is 1. The fourth-order valence-electron chi connectivity index (χ4n) is 1.52. The van der Waals surface area contributed by atoms with Gasteiger partial charge in [-0.25, -0.2) is 9.18 Å². The van der Waals surface area contributed by atoms with Crippen LogP contribution in [-0.4, -0.2) is 23.9 Å². The summed E-state index contributed by atoms with van der Waals surface area (Å²) in [7, 11) is 0. The van der Waals surface area contributed by atoms with Gasteiger partial charge in [0, 0.05) is 5.56 Å². The Morgan fingerprint density at radius 1 is 1.45 bits per heavy atom. The lowest BCUT2D eigenvalue weighted by atomic mass is 9.99. The molecule has 0 amide bonds. The molecule has 1 aromatic rings. The Bertz CT molecular complexity index is 490. The Kier molecular flexibility index (Phi) is 4.93. The van der Waals surface area contributed by atoms with E-state index in [1.165, 1.54) is 6.92 Å². The van der Waals surface area contributed by atoms with Gasteiger partial charge >= 0.3 is 12.1 Å². The molecule has 0 bridgehead atoms. The van der Waals surface area contributed by atoms with Crippen LogP contribution < -0.4 is 5.73 Å². The van der Waals surface area contributed by atoms with Crippen molar-refractivity contribution in [2.45, 2.75) is 25.3 Å². The van der Waals surface area contributed by atoms with Crippen LogP contribution in [0.3, 0.4) is 0 Å². The van der Waals surface area contributed by atoms with Crippen molar-refractivity contribution in [2.24, 2.45) is 5.73 Å². The largest absolute Gasteiger partial charge is 0.508 e. The first kappa shape index (κ1) is 16.2. The third-order valence-corrected chi connectivity index (χ3v) is 2.54. The summed E-state index contributed by atoms with van der Waals surface area (Å²) in [6.45, 7) is 1.35. The van der Waals surface area contributed by atoms with Gasteiger partial charge in [0.2, 0.25) is 6.17 Å². The van der Waals surface area contributed by atoms with Gasteiger partial charge in [-0.05, 0) is 25.1 Å². The molecule has 0 radical (unpaired) electrons. The average molecular weight is 295 g/mol. The molecule has 0 aliphatic heterocycles. The molecule has 0 fully saturated rings. The number of rotatable bonds is 4. The molecule has 0 saturated heterocycles. The van der Waals surface area contributed by atoms with Crippen molar-refractivity contribution in [3.63, 3.8) is 0 Å². The van der Waals surface area contributed by atoms with Gasteiger partial charge in [-0.1, -0.05) is 0 Å². The monoisotopic (exact) mass is 295 g/mol. The molecule has 0 spiro atoms. The first-order chi connectivity index (χ1) is 9.18. The van der Waals surface area contributed by atoms with E-state index in [1.807, 2.05) is 0 Å². The highest BCUT2D eigenvalue weighted by molar-refractivity contribution is 5.76. The Balaban J connectivity index is 3.09. The molecular formula is C12H13F4NO3. The van der Waals surface area contributed by atoms with Gasteiger partial charge in [0.05, 0.1) is 18.2 Å². The molecule has 8 heteroatoms. The molecule has 4 nitrogen and oxygen atoms in total. The van der Waals surface area contributed by atoms with E-state index in [1.54, 1.807) is 0 Å². The van der Waals surface area contributed by atoms with Crippen LogP contribution in [-0.2, 0) is 15.7 Å². The summed E-state index contributed by atoms with van der Waals surface area (Å²) < 4.78 is 55.7. The summed E-state index contributed by atoms with van der Waals surface area (Å²) in [5.74, 6) is -1.92. The molecule has 0 aliphatic carbocycles. The highest BCUT2D eigenvalue weighted by atomic mass is 19.4. The minimum absolute atomic E-state index is 0.0967. The number of carbonyl (C=O) groups excluding carboxylic acids is 1. The Labute approximate surface area is 112 Å². The van der Waals surface area contributed by atoms with E-state index in [4.69, 9.17) is 5.73 Å². The van der Waals surface area contributed by atoms with Gasteiger partial charge in [0.15, 0.2) is 0 Å². The van der Waals surface area contributed by atoms with Crippen molar-refractivity contribution < 1.29 is 32.2 Å². The summed E-state index contributed by atoms with van der Waals surface area (Å²) in [4.78, 5) is 11.2. The fraction of sp³-hybridized carbons (Fsp3) is 0.417. The zero-order valence-electron chi connectivity index (χ0n) is 10.4. The Morgan fingerprint density at radius 3 is 2.55 bits per heavy atom. The first-order valence-corrected chi connectivity index (χ1v) is 5.64. The molecule has 1 rings (SSSR count). The van der Waals surface area contributed by atoms with Gasteiger partial charge in [-0.2, -0.15) is 13.2 Å². The minimum atomic E-state index is -4.67. The second-order valence-corrected chi connectivity index (χ2v) is 3.95. The topological polar surface area (TPSA) is 72.5 Å². The van der Waals surface area contributed by atoms with Crippen molar-refractivity contribution in [3.8, 4) is 5.75 Å². The number of carbonyl (C=O) groups is 1. The predicted octanol–water partition coefficient (Wildman–Crippen LogP) is 2.31. The Hall–Kier alpha value is -1.83. The molecule has 112 valence electrons.